The van der Waals surface area contributed by atoms with Gasteiger partial charge in [-0.25, -0.2) is 8.42 Å². The molecule has 3 fully saturated rings. The van der Waals surface area contributed by atoms with Crippen molar-refractivity contribution in [2.24, 2.45) is 0 Å². The van der Waals surface area contributed by atoms with E-state index in [2.05, 4.69) is 0 Å². The first-order valence-corrected chi connectivity index (χ1v) is 13.8. The highest BCUT2D eigenvalue weighted by molar-refractivity contribution is 7.88. The molecule has 0 aromatic carbocycles. The molecule has 3 aliphatic rings. The molecule has 0 spiro atoms. The summed E-state index contributed by atoms with van der Waals surface area (Å²) in [5, 5.41) is 9.71. The molecule has 2 atom stereocenters. The largest absolute Gasteiger partial charge is 0.395 e. The van der Waals surface area contributed by atoms with Gasteiger partial charge in [0, 0.05) is 29.6 Å². The van der Waals surface area contributed by atoms with Crippen LogP contribution in [0.4, 0.5) is 0 Å². The fraction of sp³-hybridized carbons (Fsp3) is 1.00. The van der Waals surface area contributed by atoms with Crippen LogP contribution in [0.25, 0.3) is 0 Å². The van der Waals surface area contributed by atoms with Crippen LogP contribution in [0, 0.1) is 0 Å². The lowest BCUT2D eigenvalue weighted by atomic mass is 9.99. The van der Waals surface area contributed by atoms with E-state index in [4.69, 9.17) is 0 Å². The molecule has 0 amide bonds. The van der Waals surface area contributed by atoms with E-state index in [1.54, 1.807) is 0 Å². The summed E-state index contributed by atoms with van der Waals surface area (Å²) in [7, 11) is -5.86. The minimum Gasteiger partial charge on any atom is -0.395 e. The predicted molar refractivity (Wildman–Crippen MR) is 102 cm³/mol. The topological polar surface area (TPSA) is 74.7 Å². The Bertz CT molecular complexity index is 574. The summed E-state index contributed by atoms with van der Waals surface area (Å²) in [6, 6.07) is -0.388. The molecule has 146 valence electrons. The zero-order valence-electron chi connectivity index (χ0n) is 15.5. The second-order valence-electron chi connectivity index (χ2n) is 8.41. The second kappa shape index (κ2) is 8.00. The standard InChI is InChI=1S/C18H34NO4PS/c1-25(22,23)19-13-18(12-15(19)14-20)24(21,16-8-4-2-5-9-16)17-10-6-3-7-11-17/h15-18,20H,2-14H2,1H3/t15-,18-/m0/s1. The third-order valence-corrected chi connectivity index (χ3v) is 13.0. The average Bonchev–Trinajstić information content (AvgIpc) is 3.08. The van der Waals surface area contributed by atoms with E-state index < -0.39 is 17.2 Å². The van der Waals surface area contributed by atoms with E-state index in [0.29, 0.717) is 13.0 Å². The lowest BCUT2D eigenvalue weighted by Crippen LogP contribution is -2.37. The molecule has 3 rings (SSSR count). The third-order valence-electron chi connectivity index (χ3n) is 6.84. The molecule has 0 radical (unpaired) electrons. The van der Waals surface area contributed by atoms with E-state index in [1.807, 2.05) is 0 Å². The van der Waals surface area contributed by atoms with Crippen molar-refractivity contribution in [3.05, 3.63) is 0 Å². The summed E-state index contributed by atoms with van der Waals surface area (Å²) in [6.45, 7) is 0.188. The number of aliphatic hydroxyl groups excluding tert-OH is 1. The molecule has 25 heavy (non-hydrogen) atoms. The summed E-state index contributed by atoms with van der Waals surface area (Å²) in [5.74, 6) is 0. The molecule has 0 aromatic heterocycles. The molecule has 5 nitrogen and oxygen atoms in total. The van der Waals surface area contributed by atoms with Gasteiger partial charge in [-0.1, -0.05) is 38.5 Å². The van der Waals surface area contributed by atoms with Crippen molar-refractivity contribution >= 4 is 17.2 Å². The number of hydrogen-bond donors (Lipinski definition) is 1. The molecule has 7 heteroatoms. The Morgan fingerprint density at radius 3 is 1.76 bits per heavy atom. The molecular formula is C18H34NO4PS. The molecule has 1 N–H and O–H groups in total. The molecular weight excluding hydrogens is 357 g/mol. The Kier molecular flexibility index (Phi) is 6.35. The van der Waals surface area contributed by atoms with Crippen molar-refractivity contribution in [3.63, 3.8) is 0 Å². The van der Waals surface area contributed by atoms with Crippen LogP contribution in [-0.2, 0) is 14.6 Å². The summed E-state index contributed by atoms with van der Waals surface area (Å²) in [4.78, 5) is 0. The molecule has 2 saturated carbocycles. The van der Waals surface area contributed by atoms with Gasteiger partial charge in [0.2, 0.25) is 10.0 Å². The fourth-order valence-electron chi connectivity index (χ4n) is 5.59. The van der Waals surface area contributed by atoms with Crippen molar-refractivity contribution in [1.82, 2.24) is 4.31 Å². The molecule has 0 bridgehead atoms. The van der Waals surface area contributed by atoms with Crippen molar-refractivity contribution in [2.45, 2.75) is 93.6 Å². The van der Waals surface area contributed by atoms with E-state index in [9.17, 15) is 18.1 Å². The van der Waals surface area contributed by atoms with Crippen molar-refractivity contribution < 1.29 is 18.1 Å². The van der Waals surface area contributed by atoms with Crippen LogP contribution in [-0.4, -0.2) is 60.3 Å². The molecule has 1 heterocycles. The average molecular weight is 392 g/mol. The Morgan fingerprint density at radius 2 is 1.40 bits per heavy atom. The first-order valence-electron chi connectivity index (χ1n) is 10.0. The summed E-state index contributed by atoms with van der Waals surface area (Å²) in [5.41, 5.74) is 0.520. The highest BCUT2D eigenvalue weighted by atomic mass is 32.2. The van der Waals surface area contributed by atoms with Crippen molar-refractivity contribution in [1.29, 1.82) is 0 Å². The molecule has 0 aromatic rings. The van der Waals surface area contributed by atoms with Crippen molar-refractivity contribution in [2.75, 3.05) is 19.4 Å². The third kappa shape index (κ3) is 4.02. The van der Waals surface area contributed by atoms with Crippen molar-refractivity contribution in [3.8, 4) is 0 Å². The van der Waals surface area contributed by atoms with Gasteiger partial charge in [-0.2, -0.15) is 4.31 Å². The number of sulfonamides is 1. The van der Waals surface area contributed by atoms with E-state index in [1.165, 1.54) is 23.4 Å². The maximum absolute atomic E-state index is 14.6. The first kappa shape index (κ1) is 19.9. The van der Waals surface area contributed by atoms with Gasteiger partial charge in [0.25, 0.3) is 0 Å². The van der Waals surface area contributed by atoms with Gasteiger partial charge in [-0.05, 0) is 32.1 Å². The van der Waals surface area contributed by atoms with Crippen LogP contribution in [0.15, 0.2) is 0 Å². The van der Waals surface area contributed by atoms with Crippen LogP contribution in [0.2, 0.25) is 0 Å². The lowest BCUT2D eigenvalue weighted by molar-refractivity contribution is 0.214. The normalized spacial score (nSPS) is 31.4. The number of nitrogens with zero attached hydrogens (tertiary/aromatic N) is 1. The first-order chi connectivity index (χ1) is 11.9. The van der Waals surface area contributed by atoms with Gasteiger partial charge >= 0.3 is 0 Å². The highest BCUT2D eigenvalue weighted by Crippen LogP contribution is 2.67. The van der Waals surface area contributed by atoms with Gasteiger partial charge in [-0.15, -0.1) is 0 Å². The zero-order valence-corrected chi connectivity index (χ0v) is 17.2. The van der Waals surface area contributed by atoms with E-state index in [-0.39, 0.29) is 29.6 Å². The smallest absolute Gasteiger partial charge is 0.211 e. The number of rotatable bonds is 5. The Labute approximate surface area is 153 Å². The van der Waals surface area contributed by atoms with Crippen LogP contribution in [0.3, 0.4) is 0 Å². The van der Waals surface area contributed by atoms with Crippen LogP contribution in [0.1, 0.15) is 70.6 Å². The van der Waals surface area contributed by atoms with E-state index >= 15 is 0 Å². The number of hydrogen-bond acceptors (Lipinski definition) is 4. The highest BCUT2D eigenvalue weighted by Gasteiger charge is 2.52. The Hall–Kier alpha value is 0.1000. The molecule has 1 saturated heterocycles. The zero-order chi connectivity index (χ0) is 18.1. The monoisotopic (exact) mass is 391 g/mol. The Morgan fingerprint density at radius 1 is 0.920 bits per heavy atom. The van der Waals surface area contributed by atoms with Crippen LogP contribution >= 0.6 is 7.14 Å². The van der Waals surface area contributed by atoms with Gasteiger partial charge < -0.3 is 9.67 Å². The summed E-state index contributed by atoms with van der Waals surface area (Å²) >= 11 is 0. The number of aliphatic hydroxyl groups is 1. The lowest BCUT2D eigenvalue weighted by Gasteiger charge is -2.41. The van der Waals surface area contributed by atoms with Gasteiger partial charge in [-0.3, -0.25) is 0 Å². The van der Waals surface area contributed by atoms with Gasteiger partial charge in [0.1, 0.15) is 0 Å². The second-order valence-corrected chi connectivity index (χ2v) is 14.1. The van der Waals surface area contributed by atoms with Crippen LogP contribution in [0.5, 0.6) is 0 Å². The molecule has 0 unspecified atom stereocenters. The minimum absolute atomic E-state index is 0.0504. The van der Waals surface area contributed by atoms with Crippen LogP contribution < -0.4 is 0 Å². The fourth-order valence-corrected chi connectivity index (χ4v) is 12.0. The van der Waals surface area contributed by atoms with Gasteiger partial charge in [0.05, 0.1) is 20.0 Å². The predicted octanol–water partition coefficient (Wildman–Crippen LogP) is 3.41. The maximum Gasteiger partial charge on any atom is 0.211 e. The quantitative estimate of drug-likeness (QED) is 0.729. The summed E-state index contributed by atoms with van der Waals surface area (Å²) in [6.07, 6.45) is 13.1. The van der Waals surface area contributed by atoms with E-state index in [0.717, 1.165) is 51.4 Å². The Balaban J connectivity index is 1.90. The van der Waals surface area contributed by atoms with Gasteiger partial charge in [0.15, 0.2) is 0 Å². The minimum atomic E-state index is -3.37. The maximum atomic E-state index is 14.6. The summed E-state index contributed by atoms with van der Waals surface area (Å²) < 4.78 is 40.3. The molecule has 1 aliphatic heterocycles. The SMILES string of the molecule is CS(=O)(=O)N1C[C@@H](P(=O)(C2CCCCC2)C2CCCCC2)C[C@H]1CO. The molecule has 2 aliphatic carbocycles.